The third kappa shape index (κ3) is 1.85. The van der Waals surface area contributed by atoms with Gasteiger partial charge in [-0.2, -0.15) is 0 Å². The molecule has 2 N–H and O–H groups in total. The topological polar surface area (TPSA) is 75.1 Å². The molecule has 1 rings (SSSR count). The van der Waals surface area contributed by atoms with Gasteiger partial charge in [-0.05, 0) is 0 Å². The molecule has 0 aliphatic carbocycles. The van der Waals surface area contributed by atoms with Gasteiger partial charge < -0.3 is 5.11 Å². The molecule has 0 unspecified atom stereocenters. The highest BCUT2D eigenvalue weighted by Gasteiger charge is 2.02. The van der Waals surface area contributed by atoms with Crippen molar-refractivity contribution < 1.29 is 9.90 Å². The zero-order valence-electron chi connectivity index (χ0n) is 4.61. The Morgan fingerprint density at radius 3 is 2.80 bits per heavy atom. The fourth-order valence-electron chi connectivity index (χ4n) is 0.357. The Kier molecular flexibility index (Phi) is 2.07. The van der Waals surface area contributed by atoms with Gasteiger partial charge >= 0.3 is 6.09 Å². The first-order chi connectivity index (χ1) is 4.68. The van der Waals surface area contributed by atoms with E-state index in [9.17, 15) is 4.79 Å². The molecule has 1 aromatic rings. The molecule has 1 aromatic heterocycles. The first-order valence-electron chi connectivity index (χ1n) is 2.21. The van der Waals surface area contributed by atoms with Crippen LogP contribution < -0.4 is 5.32 Å². The van der Waals surface area contributed by atoms with Gasteiger partial charge in [0.15, 0.2) is 4.34 Å². The van der Waals surface area contributed by atoms with Gasteiger partial charge in [0.1, 0.15) is 0 Å². The van der Waals surface area contributed by atoms with Crippen molar-refractivity contribution in [1.29, 1.82) is 0 Å². The third-order valence-electron chi connectivity index (χ3n) is 0.628. The van der Waals surface area contributed by atoms with Gasteiger partial charge in [-0.1, -0.05) is 11.3 Å². The van der Waals surface area contributed by atoms with E-state index in [0.717, 1.165) is 11.3 Å². The molecule has 54 valence electrons. The fourth-order valence-corrected chi connectivity index (χ4v) is 1.14. The maximum Gasteiger partial charge on any atom is 0.411 e. The highest BCUT2D eigenvalue weighted by atomic mass is 32.2. The van der Waals surface area contributed by atoms with Gasteiger partial charge in [0.25, 0.3) is 0 Å². The SMILES string of the molecule is O=C(O)Nc1nnc(S)s1. The molecule has 0 bridgehead atoms. The highest BCUT2D eigenvalue weighted by molar-refractivity contribution is 7.82. The molecule has 1 heterocycles. The van der Waals surface area contributed by atoms with Crippen LogP contribution in [-0.4, -0.2) is 21.4 Å². The summed E-state index contributed by atoms with van der Waals surface area (Å²) in [5.74, 6) is 0. The first-order valence-corrected chi connectivity index (χ1v) is 3.47. The summed E-state index contributed by atoms with van der Waals surface area (Å²) in [6, 6.07) is 0. The van der Waals surface area contributed by atoms with Gasteiger partial charge in [0, 0.05) is 0 Å². The van der Waals surface area contributed by atoms with Crippen molar-refractivity contribution in [3.63, 3.8) is 0 Å². The predicted molar refractivity (Wildman–Crippen MR) is 38.8 cm³/mol. The molecular weight excluding hydrogens is 174 g/mol. The Morgan fingerprint density at radius 2 is 2.40 bits per heavy atom. The summed E-state index contributed by atoms with van der Waals surface area (Å²) in [5, 5.41) is 17.4. The van der Waals surface area contributed by atoms with Crippen LogP contribution in [0.2, 0.25) is 0 Å². The second-order valence-electron chi connectivity index (χ2n) is 1.32. The van der Waals surface area contributed by atoms with Crippen LogP contribution in [0.3, 0.4) is 0 Å². The minimum atomic E-state index is -1.15. The summed E-state index contributed by atoms with van der Waals surface area (Å²) < 4.78 is 0.434. The maximum atomic E-state index is 9.98. The van der Waals surface area contributed by atoms with Crippen molar-refractivity contribution >= 4 is 35.2 Å². The van der Waals surface area contributed by atoms with Crippen LogP contribution in [0.5, 0.6) is 0 Å². The number of nitrogens with zero attached hydrogens (tertiary/aromatic N) is 2. The van der Waals surface area contributed by atoms with E-state index in [0.29, 0.717) is 4.34 Å². The molecular formula is C3H3N3O2S2. The van der Waals surface area contributed by atoms with E-state index >= 15 is 0 Å². The van der Waals surface area contributed by atoms with Crippen LogP contribution in [0.25, 0.3) is 0 Å². The number of aromatic nitrogens is 2. The van der Waals surface area contributed by atoms with Crippen molar-refractivity contribution in [3.8, 4) is 0 Å². The van der Waals surface area contributed by atoms with Crippen molar-refractivity contribution in [2.24, 2.45) is 0 Å². The number of carboxylic acid groups (broad SMARTS) is 1. The highest BCUT2D eigenvalue weighted by Crippen LogP contribution is 2.17. The average molecular weight is 177 g/mol. The second kappa shape index (κ2) is 2.84. The lowest BCUT2D eigenvalue weighted by Crippen LogP contribution is -2.06. The van der Waals surface area contributed by atoms with Crippen LogP contribution >= 0.6 is 24.0 Å². The van der Waals surface area contributed by atoms with Gasteiger partial charge in [-0.15, -0.1) is 22.8 Å². The summed E-state index contributed by atoms with van der Waals surface area (Å²) in [6.45, 7) is 0. The Bertz CT molecular complexity index is 248. The smallest absolute Gasteiger partial charge is 0.411 e. The van der Waals surface area contributed by atoms with Gasteiger partial charge in [0.2, 0.25) is 5.13 Å². The lowest BCUT2D eigenvalue weighted by Gasteiger charge is -1.88. The Labute approximate surface area is 65.5 Å². The lowest BCUT2D eigenvalue weighted by molar-refractivity contribution is 0.209. The van der Waals surface area contributed by atoms with Crippen LogP contribution in [-0.2, 0) is 0 Å². The van der Waals surface area contributed by atoms with E-state index in [-0.39, 0.29) is 5.13 Å². The van der Waals surface area contributed by atoms with Crippen LogP contribution in [0.15, 0.2) is 4.34 Å². The lowest BCUT2D eigenvalue weighted by atomic mass is 11.0. The molecule has 0 aromatic carbocycles. The van der Waals surface area contributed by atoms with E-state index in [1.807, 2.05) is 5.32 Å². The van der Waals surface area contributed by atoms with Gasteiger partial charge in [-0.3, -0.25) is 5.32 Å². The monoisotopic (exact) mass is 177 g/mol. The minimum absolute atomic E-state index is 0.234. The molecule has 0 radical (unpaired) electrons. The molecule has 0 saturated heterocycles. The number of thiol groups is 1. The summed E-state index contributed by atoms with van der Waals surface area (Å²) in [5.41, 5.74) is 0. The zero-order valence-corrected chi connectivity index (χ0v) is 6.32. The van der Waals surface area contributed by atoms with Crippen LogP contribution in [0.1, 0.15) is 0 Å². The van der Waals surface area contributed by atoms with Crippen LogP contribution in [0, 0.1) is 0 Å². The Morgan fingerprint density at radius 1 is 1.70 bits per heavy atom. The van der Waals surface area contributed by atoms with Crippen molar-refractivity contribution in [3.05, 3.63) is 0 Å². The van der Waals surface area contributed by atoms with Crippen molar-refractivity contribution in [2.75, 3.05) is 5.32 Å². The molecule has 0 aliphatic heterocycles. The normalized spacial score (nSPS) is 9.30. The quantitative estimate of drug-likeness (QED) is 0.440. The molecule has 1 amide bonds. The number of amides is 1. The number of nitrogens with one attached hydrogen (secondary N) is 1. The molecule has 0 saturated carbocycles. The summed E-state index contributed by atoms with van der Waals surface area (Å²) >= 11 is 4.91. The number of carbonyl (C=O) groups is 1. The minimum Gasteiger partial charge on any atom is -0.465 e. The Hall–Kier alpha value is -0.820. The van der Waals surface area contributed by atoms with Crippen LogP contribution in [0.4, 0.5) is 9.93 Å². The standard InChI is InChI=1S/C3H3N3O2S2/c7-2(8)4-1-5-6-3(9)10-1/h(H,4,5)(H,6,9)(H,7,8). The maximum absolute atomic E-state index is 9.98. The van der Waals surface area contributed by atoms with Crippen molar-refractivity contribution in [1.82, 2.24) is 10.2 Å². The predicted octanol–water partition coefficient (Wildman–Crippen LogP) is 0.917. The van der Waals surface area contributed by atoms with E-state index in [1.165, 1.54) is 0 Å². The number of anilines is 1. The number of hydrogen-bond donors (Lipinski definition) is 3. The molecule has 0 atom stereocenters. The van der Waals surface area contributed by atoms with Crippen molar-refractivity contribution in [2.45, 2.75) is 4.34 Å². The summed E-state index contributed by atoms with van der Waals surface area (Å²) in [6.07, 6.45) is -1.15. The second-order valence-corrected chi connectivity index (χ2v) is 3.02. The number of rotatable bonds is 1. The summed E-state index contributed by atoms with van der Waals surface area (Å²) in [4.78, 5) is 9.98. The van der Waals surface area contributed by atoms with Gasteiger partial charge in [0.05, 0.1) is 0 Å². The molecule has 0 aliphatic rings. The third-order valence-corrected chi connectivity index (χ3v) is 1.63. The first kappa shape index (κ1) is 7.29. The van der Waals surface area contributed by atoms with Gasteiger partial charge in [-0.25, -0.2) is 4.79 Å². The largest absolute Gasteiger partial charge is 0.465 e. The van der Waals surface area contributed by atoms with E-state index in [2.05, 4.69) is 22.8 Å². The average Bonchev–Trinajstić information content (AvgIpc) is 2.13. The summed E-state index contributed by atoms with van der Waals surface area (Å²) in [7, 11) is 0. The molecule has 0 fully saturated rings. The Balaban J connectivity index is 2.67. The van der Waals surface area contributed by atoms with E-state index in [4.69, 9.17) is 5.11 Å². The molecule has 5 nitrogen and oxygen atoms in total. The molecule has 7 heteroatoms. The van der Waals surface area contributed by atoms with E-state index in [1.54, 1.807) is 0 Å². The fraction of sp³-hybridized carbons (Fsp3) is 0. The van der Waals surface area contributed by atoms with E-state index < -0.39 is 6.09 Å². The number of hydrogen-bond acceptors (Lipinski definition) is 5. The molecule has 0 spiro atoms. The zero-order chi connectivity index (χ0) is 7.56. The molecule has 10 heavy (non-hydrogen) atoms.